The third-order valence-electron chi connectivity index (χ3n) is 3.03. The molecular formula is C13H22ClN3O2S. The first-order chi connectivity index (χ1) is 9.40. The van der Waals surface area contributed by atoms with Crippen molar-refractivity contribution < 1.29 is 8.42 Å². The molecule has 0 aromatic heterocycles. The number of likely N-dealkylation sites (N-methyl/N-ethyl adjacent to an activating group) is 1. The van der Waals surface area contributed by atoms with Gasteiger partial charge < -0.3 is 10.2 Å². The zero-order chi connectivity index (χ0) is 15.2. The van der Waals surface area contributed by atoms with Crippen LogP contribution in [-0.2, 0) is 16.6 Å². The summed E-state index contributed by atoms with van der Waals surface area (Å²) in [5.41, 5.74) is 0.874. The second-order valence-corrected chi connectivity index (χ2v) is 6.75. The number of sulfonamides is 1. The topological polar surface area (TPSA) is 61.4 Å². The molecule has 0 aliphatic heterocycles. The van der Waals surface area contributed by atoms with Crippen LogP contribution in [0.3, 0.4) is 0 Å². The van der Waals surface area contributed by atoms with Crippen molar-refractivity contribution in [1.29, 1.82) is 0 Å². The molecule has 0 bridgehead atoms. The molecule has 0 saturated heterocycles. The summed E-state index contributed by atoms with van der Waals surface area (Å²) in [6, 6.07) is 4.79. The zero-order valence-corrected chi connectivity index (χ0v) is 13.7. The molecule has 7 heteroatoms. The van der Waals surface area contributed by atoms with Gasteiger partial charge in [0.2, 0.25) is 10.0 Å². The standard InChI is InChI=1S/C13H22ClN3O2S/c1-4-17(3)8-7-16-20(18,19)12-6-5-11(10-15-2)13(14)9-12/h5-6,9,15-16H,4,7-8,10H2,1-3H3. The molecule has 1 aromatic rings. The lowest BCUT2D eigenvalue weighted by Gasteiger charge is -2.14. The summed E-state index contributed by atoms with van der Waals surface area (Å²) in [4.78, 5) is 2.23. The molecule has 0 aliphatic rings. The Morgan fingerprint density at radius 2 is 2.05 bits per heavy atom. The van der Waals surface area contributed by atoms with Crippen molar-refractivity contribution in [3.8, 4) is 0 Å². The van der Waals surface area contributed by atoms with Crippen LogP contribution in [-0.4, -0.2) is 47.0 Å². The third kappa shape index (κ3) is 5.03. The molecular weight excluding hydrogens is 298 g/mol. The minimum Gasteiger partial charge on any atom is -0.316 e. The van der Waals surface area contributed by atoms with Crippen molar-refractivity contribution >= 4 is 21.6 Å². The lowest BCUT2D eigenvalue weighted by Crippen LogP contribution is -2.32. The van der Waals surface area contributed by atoms with E-state index in [1.807, 2.05) is 25.9 Å². The van der Waals surface area contributed by atoms with Crippen molar-refractivity contribution in [2.45, 2.75) is 18.4 Å². The SMILES string of the molecule is CCN(C)CCNS(=O)(=O)c1ccc(CNC)c(Cl)c1. The summed E-state index contributed by atoms with van der Waals surface area (Å²) in [6.07, 6.45) is 0. The van der Waals surface area contributed by atoms with E-state index in [2.05, 4.69) is 10.0 Å². The predicted molar refractivity (Wildman–Crippen MR) is 82.6 cm³/mol. The van der Waals surface area contributed by atoms with Gasteiger partial charge in [0, 0.05) is 24.7 Å². The molecule has 1 rings (SSSR count). The van der Waals surface area contributed by atoms with Crippen LogP contribution in [0.15, 0.2) is 23.1 Å². The van der Waals surface area contributed by atoms with E-state index < -0.39 is 10.0 Å². The summed E-state index contributed by atoms with van der Waals surface area (Å²) in [7, 11) is 0.255. The fourth-order valence-electron chi connectivity index (χ4n) is 1.64. The normalized spacial score (nSPS) is 12.1. The second-order valence-electron chi connectivity index (χ2n) is 4.58. The van der Waals surface area contributed by atoms with Crippen molar-refractivity contribution in [2.24, 2.45) is 0 Å². The smallest absolute Gasteiger partial charge is 0.240 e. The molecule has 0 heterocycles. The minimum absolute atomic E-state index is 0.196. The highest BCUT2D eigenvalue weighted by Crippen LogP contribution is 2.20. The number of rotatable bonds is 8. The largest absolute Gasteiger partial charge is 0.316 e. The predicted octanol–water partition coefficient (Wildman–Crippen LogP) is 1.29. The maximum absolute atomic E-state index is 12.1. The van der Waals surface area contributed by atoms with Crippen molar-refractivity contribution in [3.63, 3.8) is 0 Å². The fourth-order valence-corrected chi connectivity index (χ4v) is 3.00. The highest BCUT2D eigenvalue weighted by atomic mass is 35.5. The van der Waals surface area contributed by atoms with Crippen LogP contribution in [0.25, 0.3) is 0 Å². The molecule has 0 spiro atoms. The Morgan fingerprint density at radius 3 is 2.60 bits per heavy atom. The summed E-state index contributed by atoms with van der Waals surface area (Å²) in [6.45, 7) is 4.55. The summed E-state index contributed by atoms with van der Waals surface area (Å²) in [5, 5.41) is 3.43. The number of benzene rings is 1. The summed E-state index contributed by atoms with van der Waals surface area (Å²) >= 11 is 6.08. The molecule has 1 aromatic carbocycles. The molecule has 0 radical (unpaired) electrons. The first kappa shape index (κ1) is 17.4. The zero-order valence-electron chi connectivity index (χ0n) is 12.1. The molecule has 114 valence electrons. The van der Waals surface area contributed by atoms with Crippen LogP contribution in [0.1, 0.15) is 12.5 Å². The van der Waals surface area contributed by atoms with E-state index in [0.29, 0.717) is 24.7 Å². The first-order valence-electron chi connectivity index (χ1n) is 6.52. The van der Waals surface area contributed by atoms with Gasteiger partial charge >= 0.3 is 0 Å². The maximum Gasteiger partial charge on any atom is 0.240 e. The van der Waals surface area contributed by atoms with E-state index in [0.717, 1.165) is 12.1 Å². The van der Waals surface area contributed by atoms with Crippen LogP contribution >= 0.6 is 11.6 Å². The lowest BCUT2D eigenvalue weighted by atomic mass is 10.2. The molecule has 0 atom stereocenters. The number of nitrogens with zero attached hydrogens (tertiary/aromatic N) is 1. The Morgan fingerprint density at radius 1 is 1.35 bits per heavy atom. The Balaban J connectivity index is 2.75. The van der Waals surface area contributed by atoms with Gasteiger partial charge in [0.25, 0.3) is 0 Å². The van der Waals surface area contributed by atoms with E-state index in [1.165, 1.54) is 6.07 Å². The van der Waals surface area contributed by atoms with Gasteiger partial charge in [0.1, 0.15) is 0 Å². The second kappa shape index (κ2) is 7.95. The number of hydrogen-bond donors (Lipinski definition) is 2. The van der Waals surface area contributed by atoms with E-state index in [9.17, 15) is 8.42 Å². The van der Waals surface area contributed by atoms with Crippen molar-refractivity contribution in [2.75, 3.05) is 33.7 Å². The number of nitrogens with one attached hydrogen (secondary N) is 2. The molecule has 5 nitrogen and oxygen atoms in total. The Labute approximate surface area is 126 Å². The highest BCUT2D eigenvalue weighted by Gasteiger charge is 2.15. The fraction of sp³-hybridized carbons (Fsp3) is 0.538. The van der Waals surface area contributed by atoms with E-state index in [-0.39, 0.29) is 4.90 Å². The van der Waals surface area contributed by atoms with E-state index in [4.69, 9.17) is 11.6 Å². The quantitative estimate of drug-likeness (QED) is 0.758. The monoisotopic (exact) mass is 319 g/mol. The van der Waals surface area contributed by atoms with Crippen LogP contribution < -0.4 is 10.0 Å². The Bertz CT molecular complexity index is 534. The highest BCUT2D eigenvalue weighted by molar-refractivity contribution is 7.89. The van der Waals surface area contributed by atoms with Gasteiger partial charge in [-0.15, -0.1) is 0 Å². The van der Waals surface area contributed by atoms with Crippen LogP contribution in [0.2, 0.25) is 5.02 Å². The van der Waals surface area contributed by atoms with Gasteiger partial charge in [-0.25, -0.2) is 13.1 Å². The van der Waals surface area contributed by atoms with Crippen LogP contribution in [0, 0.1) is 0 Å². The van der Waals surface area contributed by atoms with Crippen molar-refractivity contribution in [1.82, 2.24) is 14.9 Å². The Hall–Kier alpha value is -0.660. The number of hydrogen-bond acceptors (Lipinski definition) is 4. The van der Waals surface area contributed by atoms with Gasteiger partial charge in [-0.1, -0.05) is 24.6 Å². The van der Waals surface area contributed by atoms with Crippen molar-refractivity contribution in [3.05, 3.63) is 28.8 Å². The molecule has 0 saturated carbocycles. The maximum atomic E-state index is 12.1. The van der Waals surface area contributed by atoms with Gasteiger partial charge in [0.15, 0.2) is 0 Å². The number of halogens is 1. The van der Waals surface area contributed by atoms with Gasteiger partial charge in [-0.2, -0.15) is 0 Å². The van der Waals surface area contributed by atoms with Gasteiger partial charge in [-0.05, 0) is 38.3 Å². The summed E-state index contributed by atoms with van der Waals surface area (Å²) < 4.78 is 26.8. The van der Waals surface area contributed by atoms with Crippen LogP contribution in [0.4, 0.5) is 0 Å². The van der Waals surface area contributed by atoms with Crippen LogP contribution in [0.5, 0.6) is 0 Å². The molecule has 2 N–H and O–H groups in total. The Kier molecular flexibility index (Phi) is 6.91. The molecule has 0 fully saturated rings. The third-order valence-corrected chi connectivity index (χ3v) is 4.84. The lowest BCUT2D eigenvalue weighted by molar-refractivity contribution is 0.358. The minimum atomic E-state index is -3.50. The van der Waals surface area contributed by atoms with E-state index >= 15 is 0 Å². The first-order valence-corrected chi connectivity index (χ1v) is 8.38. The van der Waals surface area contributed by atoms with Gasteiger partial charge in [0.05, 0.1) is 4.90 Å². The summed E-state index contributed by atoms with van der Waals surface area (Å²) in [5.74, 6) is 0. The average Bonchev–Trinajstić information content (AvgIpc) is 2.40. The molecule has 0 aliphatic carbocycles. The molecule has 0 unspecified atom stereocenters. The molecule has 20 heavy (non-hydrogen) atoms. The van der Waals surface area contributed by atoms with Gasteiger partial charge in [-0.3, -0.25) is 0 Å². The molecule has 0 amide bonds. The van der Waals surface area contributed by atoms with E-state index in [1.54, 1.807) is 12.1 Å². The average molecular weight is 320 g/mol.